The van der Waals surface area contributed by atoms with Crippen molar-refractivity contribution in [3.63, 3.8) is 0 Å². The molecule has 0 saturated carbocycles. The van der Waals surface area contributed by atoms with E-state index < -0.39 is 15.9 Å². The summed E-state index contributed by atoms with van der Waals surface area (Å²) in [6.07, 6.45) is 0. The number of sulfone groups is 1. The fraction of sp³-hybridized carbons (Fsp3) is 0.375. The van der Waals surface area contributed by atoms with E-state index in [9.17, 15) is 13.2 Å². The number of hydrogen-bond donors (Lipinski definition) is 0. The number of rotatable bonds is 5. The molecule has 0 saturated heterocycles. The van der Waals surface area contributed by atoms with Crippen LogP contribution in [0.25, 0.3) is 10.9 Å². The molecule has 22 heavy (non-hydrogen) atoms. The highest BCUT2D eigenvalue weighted by Gasteiger charge is 2.23. The van der Waals surface area contributed by atoms with Crippen LogP contribution in [0.2, 0.25) is 0 Å². The maximum absolute atomic E-state index is 12.5. The van der Waals surface area contributed by atoms with Gasteiger partial charge in [-0.25, -0.2) is 13.4 Å². The van der Waals surface area contributed by atoms with Crippen LogP contribution in [0, 0.1) is 0 Å². The van der Waals surface area contributed by atoms with E-state index >= 15 is 0 Å². The van der Waals surface area contributed by atoms with Gasteiger partial charge in [0.2, 0.25) is 0 Å². The number of amides is 1. The van der Waals surface area contributed by atoms with Crippen molar-refractivity contribution >= 4 is 26.6 Å². The molecule has 0 spiro atoms. The number of hydrogen-bond acceptors (Lipinski definition) is 4. The van der Waals surface area contributed by atoms with Gasteiger partial charge in [-0.3, -0.25) is 4.79 Å². The molecule has 0 aliphatic rings. The third-order valence-corrected chi connectivity index (χ3v) is 5.60. The zero-order chi connectivity index (χ0) is 16.3. The van der Waals surface area contributed by atoms with Gasteiger partial charge < -0.3 is 4.90 Å². The van der Waals surface area contributed by atoms with E-state index in [2.05, 4.69) is 4.98 Å². The summed E-state index contributed by atoms with van der Waals surface area (Å²) in [6.45, 7) is 3.33. The number of pyridine rings is 1. The Bertz CT molecular complexity index is 787. The summed E-state index contributed by atoms with van der Waals surface area (Å²) < 4.78 is 23.4. The molecule has 0 bridgehead atoms. The van der Waals surface area contributed by atoms with Crippen LogP contribution in [0.5, 0.6) is 0 Å². The Kier molecular flexibility index (Phi) is 4.81. The van der Waals surface area contributed by atoms with Crippen LogP contribution < -0.4 is 0 Å². The van der Waals surface area contributed by atoms with Crippen molar-refractivity contribution in [1.29, 1.82) is 0 Å². The van der Waals surface area contributed by atoms with Gasteiger partial charge in [0.15, 0.2) is 9.84 Å². The van der Waals surface area contributed by atoms with Crippen LogP contribution in [0.1, 0.15) is 24.3 Å². The molecule has 0 aliphatic heterocycles. The molecule has 6 heteroatoms. The lowest BCUT2D eigenvalue weighted by molar-refractivity contribution is 0.0751. The molecular weight excluding hydrogens is 300 g/mol. The predicted octanol–water partition coefficient (Wildman–Crippen LogP) is 2.13. The SMILES string of the molecule is CCS(=O)(=O)C[C@H](C)N(C)C(=O)c1ccc2ccccc2n1. The van der Waals surface area contributed by atoms with Crippen molar-refractivity contribution in [2.45, 2.75) is 19.9 Å². The lowest BCUT2D eigenvalue weighted by Crippen LogP contribution is -2.40. The fourth-order valence-electron chi connectivity index (χ4n) is 2.16. The average Bonchev–Trinajstić information content (AvgIpc) is 2.52. The first-order chi connectivity index (χ1) is 10.3. The Morgan fingerprint density at radius 1 is 1.23 bits per heavy atom. The Balaban J connectivity index is 2.21. The minimum Gasteiger partial charge on any atom is -0.337 e. The molecule has 118 valence electrons. The van der Waals surface area contributed by atoms with Gasteiger partial charge >= 0.3 is 0 Å². The molecule has 1 amide bonds. The molecule has 1 aromatic carbocycles. The summed E-state index contributed by atoms with van der Waals surface area (Å²) >= 11 is 0. The van der Waals surface area contributed by atoms with E-state index in [1.807, 2.05) is 30.3 Å². The highest BCUT2D eigenvalue weighted by atomic mass is 32.2. The molecule has 0 N–H and O–H groups in total. The van der Waals surface area contributed by atoms with Gasteiger partial charge in [-0.05, 0) is 19.1 Å². The number of carbonyl (C=O) groups is 1. The minimum atomic E-state index is -3.13. The second-order valence-corrected chi connectivity index (χ2v) is 7.75. The molecule has 1 heterocycles. The summed E-state index contributed by atoms with van der Waals surface area (Å²) in [5, 5.41) is 0.961. The van der Waals surface area contributed by atoms with Gasteiger partial charge in [0.25, 0.3) is 5.91 Å². The number of nitrogens with zero attached hydrogens (tertiary/aromatic N) is 2. The van der Waals surface area contributed by atoms with Crippen LogP contribution in [0.4, 0.5) is 0 Å². The standard InChI is InChI=1S/C16H20N2O3S/c1-4-22(20,21)11-12(2)18(3)16(19)15-10-9-13-7-5-6-8-14(13)17-15/h5-10,12H,4,11H2,1-3H3/t12-/m0/s1. The quantitative estimate of drug-likeness (QED) is 0.846. The van der Waals surface area contributed by atoms with E-state index in [0.717, 1.165) is 10.9 Å². The van der Waals surface area contributed by atoms with E-state index in [1.54, 1.807) is 27.0 Å². The van der Waals surface area contributed by atoms with Crippen molar-refractivity contribution in [2.75, 3.05) is 18.6 Å². The summed E-state index contributed by atoms with van der Waals surface area (Å²) in [5.41, 5.74) is 1.07. The van der Waals surface area contributed by atoms with Crippen LogP contribution in [-0.2, 0) is 9.84 Å². The van der Waals surface area contributed by atoms with E-state index in [-0.39, 0.29) is 17.4 Å². The average molecular weight is 320 g/mol. The van der Waals surface area contributed by atoms with Gasteiger partial charge in [0.1, 0.15) is 5.69 Å². The van der Waals surface area contributed by atoms with Crippen LogP contribution in [-0.4, -0.2) is 48.8 Å². The first-order valence-corrected chi connectivity index (χ1v) is 8.99. The van der Waals surface area contributed by atoms with Gasteiger partial charge in [-0.1, -0.05) is 31.2 Å². The number of benzene rings is 1. The molecule has 2 rings (SSSR count). The number of carbonyl (C=O) groups excluding carboxylic acids is 1. The fourth-order valence-corrected chi connectivity index (χ4v) is 3.36. The number of aromatic nitrogens is 1. The van der Waals surface area contributed by atoms with Crippen molar-refractivity contribution in [3.05, 3.63) is 42.1 Å². The molecule has 1 atom stereocenters. The third-order valence-electron chi connectivity index (χ3n) is 3.73. The second kappa shape index (κ2) is 6.44. The summed E-state index contributed by atoms with van der Waals surface area (Å²) in [7, 11) is -1.52. The molecule has 1 aromatic heterocycles. The highest BCUT2D eigenvalue weighted by Crippen LogP contribution is 2.14. The zero-order valence-corrected chi connectivity index (χ0v) is 13.8. The molecule has 0 fully saturated rings. The summed E-state index contributed by atoms with van der Waals surface area (Å²) in [4.78, 5) is 18.3. The second-order valence-electron chi connectivity index (χ2n) is 5.35. The zero-order valence-electron chi connectivity index (χ0n) is 13.0. The molecular formula is C16H20N2O3S. The van der Waals surface area contributed by atoms with Crippen LogP contribution in [0.15, 0.2) is 36.4 Å². The van der Waals surface area contributed by atoms with Crippen LogP contribution in [0.3, 0.4) is 0 Å². The monoisotopic (exact) mass is 320 g/mol. The molecule has 2 aromatic rings. The smallest absolute Gasteiger partial charge is 0.272 e. The predicted molar refractivity (Wildman–Crippen MR) is 87.6 cm³/mol. The third kappa shape index (κ3) is 3.62. The van der Waals surface area contributed by atoms with Gasteiger partial charge in [0.05, 0.1) is 11.3 Å². The largest absolute Gasteiger partial charge is 0.337 e. The minimum absolute atomic E-state index is 0.0423. The lowest BCUT2D eigenvalue weighted by Gasteiger charge is -2.24. The first kappa shape index (κ1) is 16.4. The lowest BCUT2D eigenvalue weighted by atomic mass is 10.2. The Morgan fingerprint density at radius 2 is 1.91 bits per heavy atom. The maximum Gasteiger partial charge on any atom is 0.272 e. The summed E-state index contributed by atoms with van der Waals surface area (Å²) in [5.74, 6) is -0.239. The molecule has 0 unspecified atom stereocenters. The van der Waals surface area contributed by atoms with Crippen molar-refractivity contribution < 1.29 is 13.2 Å². The number of fused-ring (bicyclic) bond motifs is 1. The van der Waals surface area contributed by atoms with Crippen molar-refractivity contribution in [3.8, 4) is 0 Å². The van der Waals surface area contributed by atoms with Gasteiger partial charge in [-0.15, -0.1) is 0 Å². The Labute approximate surface area is 130 Å². The van der Waals surface area contributed by atoms with Gasteiger partial charge in [-0.2, -0.15) is 0 Å². The Hall–Kier alpha value is -1.95. The van der Waals surface area contributed by atoms with Crippen LogP contribution >= 0.6 is 0 Å². The first-order valence-electron chi connectivity index (χ1n) is 7.17. The molecule has 5 nitrogen and oxygen atoms in total. The van der Waals surface area contributed by atoms with Crippen molar-refractivity contribution in [2.24, 2.45) is 0 Å². The molecule has 0 radical (unpaired) electrons. The molecule has 0 aliphatic carbocycles. The topological polar surface area (TPSA) is 67.3 Å². The Morgan fingerprint density at radius 3 is 2.59 bits per heavy atom. The van der Waals surface area contributed by atoms with E-state index in [1.165, 1.54) is 4.90 Å². The number of para-hydroxylation sites is 1. The normalized spacial score (nSPS) is 13.0. The summed E-state index contributed by atoms with van der Waals surface area (Å²) in [6, 6.07) is 10.7. The highest BCUT2D eigenvalue weighted by molar-refractivity contribution is 7.91. The van der Waals surface area contributed by atoms with Gasteiger partial charge in [0, 0.05) is 24.2 Å². The van der Waals surface area contributed by atoms with E-state index in [4.69, 9.17) is 0 Å². The van der Waals surface area contributed by atoms with E-state index in [0.29, 0.717) is 5.69 Å². The maximum atomic E-state index is 12.5. The van der Waals surface area contributed by atoms with Crippen molar-refractivity contribution in [1.82, 2.24) is 9.88 Å².